The molecule has 102 valence electrons. The van der Waals surface area contributed by atoms with Crippen molar-refractivity contribution in [2.45, 2.75) is 12.3 Å². The maximum atomic E-state index is 13.6. The number of rotatable bonds is 4. The first-order valence-corrected chi connectivity index (χ1v) is 6.51. The number of halogens is 1. The highest BCUT2D eigenvalue weighted by atomic mass is 19.1. The molecule has 0 aliphatic heterocycles. The zero-order chi connectivity index (χ0) is 14.1. The Labute approximate surface area is 116 Å². The molecule has 1 unspecified atom stereocenters. The van der Waals surface area contributed by atoms with Crippen LogP contribution in [-0.4, -0.2) is 23.8 Å². The molecule has 5 heteroatoms. The van der Waals surface area contributed by atoms with Crippen molar-refractivity contribution in [1.82, 2.24) is 0 Å². The summed E-state index contributed by atoms with van der Waals surface area (Å²) in [6, 6.07) is 11.9. The van der Waals surface area contributed by atoms with E-state index in [0.717, 1.165) is 6.42 Å². The Morgan fingerprint density at radius 1 is 1.20 bits per heavy atom. The molecule has 0 amide bonds. The molecule has 1 atom stereocenters. The molecule has 20 heavy (non-hydrogen) atoms. The van der Waals surface area contributed by atoms with Crippen LogP contribution in [0.25, 0.3) is 0 Å². The van der Waals surface area contributed by atoms with Gasteiger partial charge in [0.25, 0.3) is 0 Å². The Kier molecular flexibility index (Phi) is 3.46. The summed E-state index contributed by atoms with van der Waals surface area (Å²) in [6.45, 7) is 0.388. The van der Waals surface area contributed by atoms with Gasteiger partial charge in [-0.1, -0.05) is 30.3 Å². The fraction of sp³-hybridized carbons (Fsp3) is 0.200. The van der Waals surface area contributed by atoms with Gasteiger partial charge in [0.2, 0.25) is 0 Å². The Bertz CT molecular complexity index is 630. The molecular weight excluding hydrogens is 258 g/mol. The molecule has 1 aliphatic rings. The van der Waals surface area contributed by atoms with Gasteiger partial charge in [0.05, 0.1) is 6.61 Å². The van der Waals surface area contributed by atoms with Crippen LogP contribution in [0.15, 0.2) is 42.5 Å². The Balaban J connectivity index is 1.69. The lowest BCUT2D eigenvalue weighted by Crippen LogP contribution is -2.30. The molecule has 2 aromatic carbocycles. The number of hydrogen-bond donors (Lipinski definition) is 2. The summed E-state index contributed by atoms with van der Waals surface area (Å²) < 4.78 is 19.1. The van der Waals surface area contributed by atoms with Crippen molar-refractivity contribution < 1.29 is 19.2 Å². The number of hydrogen-bond acceptors (Lipinski definition) is 3. The van der Waals surface area contributed by atoms with E-state index in [1.54, 1.807) is 0 Å². The lowest BCUT2D eigenvalue weighted by molar-refractivity contribution is 0.263. The van der Waals surface area contributed by atoms with Crippen LogP contribution >= 0.6 is 0 Å². The molecule has 0 heterocycles. The second kappa shape index (κ2) is 5.27. The molecule has 1 aliphatic carbocycles. The maximum absolute atomic E-state index is 13.6. The first-order chi connectivity index (χ1) is 9.65. The van der Waals surface area contributed by atoms with Crippen LogP contribution in [0.1, 0.15) is 17.0 Å². The van der Waals surface area contributed by atoms with Crippen molar-refractivity contribution in [3.8, 4) is 5.75 Å². The molecule has 3 nitrogen and oxygen atoms in total. The van der Waals surface area contributed by atoms with Gasteiger partial charge in [-0.25, -0.2) is 4.39 Å². The van der Waals surface area contributed by atoms with E-state index < -0.39 is 12.9 Å². The van der Waals surface area contributed by atoms with Gasteiger partial charge in [-0.15, -0.1) is 0 Å². The van der Waals surface area contributed by atoms with Crippen LogP contribution in [0, 0.1) is 5.82 Å². The highest BCUT2D eigenvalue weighted by Gasteiger charge is 2.26. The highest BCUT2D eigenvalue weighted by molar-refractivity contribution is 6.58. The molecule has 0 bridgehead atoms. The average molecular weight is 272 g/mol. The predicted molar refractivity (Wildman–Crippen MR) is 74.6 cm³/mol. The molecule has 0 fully saturated rings. The fourth-order valence-corrected chi connectivity index (χ4v) is 2.49. The minimum Gasteiger partial charge on any atom is -0.490 e. The minimum atomic E-state index is -1.62. The number of ether oxygens (including phenoxy) is 1. The molecule has 2 N–H and O–H groups in total. The molecule has 0 spiro atoms. The summed E-state index contributed by atoms with van der Waals surface area (Å²) in [6.07, 6.45) is 0.931. The lowest BCUT2D eigenvalue weighted by atomic mass is 9.78. The molecule has 0 saturated carbocycles. The van der Waals surface area contributed by atoms with E-state index in [-0.39, 0.29) is 17.1 Å². The van der Waals surface area contributed by atoms with E-state index in [9.17, 15) is 4.39 Å². The topological polar surface area (TPSA) is 49.7 Å². The van der Waals surface area contributed by atoms with Gasteiger partial charge in [0.15, 0.2) is 11.6 Å². The molecule has 3 rings (SSSR count). The average Bonchev–Trinajstić information content (AvgIpc) is 2.41. The van der Waals surface area contributed by atoms with Gasteiger partial charge in [0.1, 0.15) is 0 Å². The van der Waals surface area contributed by atoms with Crippen LogP contribution in [0.3, 0.4) is 0 Å². The van der Waals surface area contributed by atoms with Gasteiger partial charge in [0, 0.05) is 5.92 Å². The lowest BCUT2D eigenvalue weighted by Gasteiger charge is -2.29. The van der Waals surface area contributed by atoms with Crippen molar-refractivity contribution in [3.63, 3.8) is 0 Å². The Morgan fingerprint density at radius 3 is 2.75 bits per heavy atom. The van der Waals surface area contributed by atoms with Crippen LogP contribution in [0.5, 0.6) is 5.75 Å². The summed E-state index contributed by atoms with van der Waals surface area (Å²) in [5.74, 6) is -0.171. The van der Waals surface area contributed by atoms with E-state index >= 15 is 0 Å². The van der Waals surface area contributed by atoms with Crippen LogP contribution in [-0.2, 0) is 6.42 Å². The molecule has 0 saturated heterocycles. The van der Waals surface area contributed by atoms with E-state index in [0.29, 0.717) is 6.61 Å². The van der Waals surface area contributed by atoms with Gasteiger partial charge in [-0.05, 0) is 35.1 Å². The van der Waals surface area contributed by atoms with Crippen LogP contribution in [0.2, 0.25) is 0 Å². The summed E-state index contributed by atoms with van der Waals surface area (Å²) >= 11 is 0. The van der Waals surface area contributed by atoms with Gasteiger partial charge in [-0.2, -0.15) is 0 Å². The normalized spacial score (nSPS) is 16.2. The third-order valence-electron chi connectivity index (χ3n) is 3.65. The molecule has 0 radical (unpaired) electrons. The van der Waals surface area contributed by atoms with Gasteiger partial charge >= 0.3 is 7.12 Å². The Hall–Kier alpha value is -1.85. The highest BCUT2D eigenvalue weighted by Crippen LogP contribution is 2.35. The van der Waals surface area contributed by atoms with Crippen LogP contribution < -0.4 is 10.2 Å². The van der Waals surface area contributed by atoms with Crippen molar-refractivity contribution in [3.05, 3.63) is 59.4 Å². The third-order valence-corrected chi connectivity index (χ3v) is 3.65. The van der Waals surface area contributed by atoms with Crippen LogP contribution in [0.4, 0.5) is 4.39 Å². The quantitative estimate of drug-likeness (QED) is 0.823. The third kappa shape index (κ3) is 2.42. The van der Waals surface area contributed by atoms with E-state index in [4.69, 9.17) is 14.8 Å². The molecule has 0 aromatic heterocycles. The van der Waals surface area contributed by atoms with Crippen molar-refractivity contribution in [1.29, 1.82) is 0 Å². The Morgan fingerprint density at radius 2 is 2.00 bits per heavy atom. The standard InChI is InChI=1S/C15H14BFO3/c17-14-6-5-12(16(18)19)8-15(14)20-9-11-7-10-3-1-2-4-13(10)11/h1-6,8,11,18-19H,7,9H2. The first-order valence-electron chi connectivity index (χ1n) is 6.51. The maximum Gasteiger partial charge on any atom is 0.488 e. The zero-order valence-electron chi connectivity index (χ0n) is 10.8. The second-order valence-electron chi connectivity index (χ2n) is 4.97. The van der Waals surface area contributed by atoms with Gasteiger partial charge < -0.3 is 14.8 Å². The second-order valence-corrected chi connectivity index (χ2v) is 4.97. The zero-order valence-corrected chi connectivity index (χ0v) is 10.8. The van der Waals surface area contributed by atoms with E-state index in [1.165, 1.54) is 29.3 Å². The van der Waals surface area contributed by atoms with Crippen molar-refractivity contribution >= 4 is 12.6 Å². The number of benzene rings is 2. The van der Waals surface area contributed by atoms with E-state index in [2.05, 4.69) is 12.1 Å². The monoisotopic (exact) mass is 272 g/mol. The molecule has 2 aromatic rings. The van der Waals surface area contributed by atoms with Gasteiger partial charge in [-0.3, -0.25) is 0 Å². The largest absolute Gasteiger partial charge is 0.490 e. The summed E-state index contributed by atoms with van der Waals surface area (Å²) in [7, 11) is -1.62. The van der Waals surface area contributed by atoms with Crippen molar-refractivity contribution in [2.24, 2.45) is 0 Å². The summed E-state index contributed by atoms with van der Waals surface area (Å²) in [5.41, 5.74) is 2.77. The fourth-order valence-electron chi connectivity index (χ4n) is 2.49. The summed E-state index contributed by atoms with van der Waals surface area (Å²) in [4.78, 5) is 0. The smallest absolute Gasteiger partial charge is 0.488 e. The molecular formula is C15H14BFO3. The van der Waals surface area contributed by atoms with E-state index in [1.807, 2.05) is 12.1 Å². The minimum absolute atomic E-state index is 0.0555. The SMILES string of the molecule is OB(O)c1ccc(F)c(OCC2Cc3ccccc32)c1. The number of fused-ring (bicyclic) bond motifs is 1. The predicted octanol–water partition coefficient (Wildman–Crippen LogP) is 1.22. The first kappa shape index (κ1) is 13.2. The summed E-state index contributed by atoms with van der Waals surface area (Å²) in [5, 5.41) is 18.2. The van der Waals surface area contributed by atoms with Crippen molar-refractivity contribution in [2.75, 3.05) is 6.61 Å².